The Morgan fingerprint density at radius 3 is 2.74 bits per heavy atom. The molecule has 0 radical (unpaired) electrons. The van der Waals surface area contributed by atoms with E-state index in [0.717, 1.165) is 67.6 Å². The molecular formula is C31H38ClN5O5. The summed E-state index contributed by atoms with van der Waals surface area (Å²) < 4.78 is 8.37. The fraction of sp³-hybridized carbons (Fsp3) is 0.645. The van der Waals surface area contributed by atoms with Gasteiger partial charge in [0.2, 0.25) is 11.8 Å². The Kier molecular flexibility index (Phi) is 6.75. The SMILES string of the molecule is C[C@]1(C(=O)O)CCCC[C@H]1C(=O)N1CCc2c(Cl)ccc(OCc3nnn4c3CCC4)c2[C@H]1CN1CC2(CC2)CC1=O. The summed E-state index contributed by atoms with van der Waals surface area (Å²) in [5, 5.41) is 19.4. The Hall–Kier alpha value is -3.14. The monoisotopic (exact) mass is 595 g/mol. The van der Waals surface area contributed by atoms with E-state index in [0.29, 0.717) is 56.1 Å². The summed E-state index contributed by atoms with van der Waals surface area (Å²) in [6.45, 7) is 4.27. The minimum Gasteiger partial charge on any atom is -0.487 e. The Bertz CT molecular complexity index is 1450. The van der Waals surface area contributed by atoms with E-state index >= 15 is 0 Å². The van der Waals surface area contributed by atoms with Crippen LogP contribution in [-0.2, 0) is 40.4 Å². The minimum absolute atomic E-state index is 0.0802. The average Bonchev–Trinajstić information content (AvgIpc) is 3.26. The third kappa shape index (κ3) is 4.57. The largest absolute Gasteiger partial charge is 0.487 e. The summed E-state index contributed by atoms with van der Waals surface area (Å²) in [4.78, 5) is 43.8. The maximum absolute atomic E-state index is 14.4. The number of rotatable bonds is 7. The second-order valence-electron chi connectivity index (χ2n) is 13.3. The van der Waals surface area contributed by atoms with Crippen LogP contribution in [0.2, 0.25) is 5.02 Å². The Morgan fingerprint density at radius 2 is 1.98 bits per heavy atom. The topological polar surface area (TPSA) is 118 Å². The van der Waals surface area contributed by atoms with Gasteiger partial charge in [0.05, 0.1) is 23.1 Å². The zero-order chi connectivity index (χ0) is 29.2. The van der Waals surface area contributed by atoms with Gasteiger partial charge in [0, 0.05) is 43.2 Å². The molecule has 4 heterocycles. The van der Waals surface area contributed by atoms with Crippen molar-refractivity contribution in [1.29, 1.82) is 0 Å². The smallest absolute Gasteiger partial charge is 0.310 e. The summed E-state index contributed by atoms with van der Waals surface area (Å²) in [7, 11) is 0. The molecule has 2 aliphatic carbocycles. The number of nitrogens with zero attached hydrogens (tertiary/aromatic N) is 5. The van der Waals surface area contributed by atoms with E-state index in [1.165, 1.54) is 0 Å². The van der Waals surface area contributed by atoms with Crippen LogP contribution < -0.4 is 4.74 Å². The van der Waals surface area contributed by atoms with Gasteiger partial charge in [-0.15, -0.1) is 5.10 Å². The predicted octanol–water partition coefficient (Wildman–Crippen LogP) is 4.18. The number of likely N-dealkylation sites (tertiary alicyclic amines) is 1. The lowest BCUT2D eigenvalue weighted by Gasteiger charge is -2.45. The number of carbonyl (C=O) groups excluding carboxylic acids is 2. The second kappa shape index (κ2) is 10.2. The number of aryl methyl sites for hydroxylation is 1. The molecule has 2 aromatic rings. The van der Waals surface area contributed by atoms with Crippen molar-refractivity contribution in [2.45, 2.75) is 90.3 Å². The predicted molar refractivity (Wildman–Crippen MR) is 153 cm³/mol. The molecule has 1 saturated heterocycles. The van der Waals surface area contributed by atoms with Crippen molar-refractivity contribution in [3.05, 3.63) is 39.7 Å². The van der Waals surface area contributed by atoms with Gasteiger partial charge < -0.3 is 19.6 Å². The van der Waals surface area contributed by atoms with Crippen molar-refractivity contribution in [2.24, 2.45) is 16.7 Å². The number of carboxylic acids is 1. The van der Waals surface area contributed by atoms with Crippen molar-refractivity contribution in [1.82, 2.24) is 24.8 Å². The number of benzene rings is 1. The number of fused-ring (bicyclic) bond motifs is 2. The lowest BCUT2D eigenvalue weighted by Crippen LogP contribution is -2.52. The van der Waals surface area contributed by atoms with E-state index in [4.69, 9.17) is 16.3 Å². The van der Waals surface area contributed by atoms with Crippen LogP contribution in [0.1, 0.15) is 86.8 Å². The molecule has 0 unspecified atom stereocenters. The molecule has 3 atom stereocenters. The molecule has 3 fully saturated rings. The van der Waals surface area contributed by atoms with E-state index in [-0.39, 0.29) is 23.8 Å². The number of aliphatic carboxylic acids is 1. The Morgan fingerprint density at radius 1 is 1.14 bits per heavy atom. The molecule has 11 heteroatoms. The van der Waals surface area contributed by atoms with Crippen LogP contribution in [0, 0.1) is 16.7 Å². The highest BCUT2D eigenvalue weighted by molar-refractivity contribution is 6.31. The van der Waals surface area contributed by atoms with Gasteiger partial charge >= 0.3 is 5.97 Å². The van der Waals surface area contributed by atoms with Gasteiger partial charge in [-0.05, 0) is 75.0 Å². The molecular weight excluding hydrogens is 558 g/mol. The molecule has 3 aliphatic heterocycles. The van der Waals surface area contributed by atoms with E-state index in [9.17, 15) is 19.5 Å². The van der Waals surface area contributed by atoms with Crippen molar-refractivity contribution in [3.63, 3.8) is 0 Å². The van der Waals surface area contributed by atoms with E-state index in [1.807, 2.05) is 26.6 Å². The molecule has 1 aromatic carbocycles. The number of ether oxygens (including phenoxy) is 1. The highest BCUT2D eigenvalue weighted by Gasteiger charge is 2.54. The number of hydrogen-bond acceptors (Lipinski definition) is 6. The maximum Gasteiger partial charge on any atom is 0.310 e. The number of aromatic nitrogens is 3. The van der Waals surface area contributed by atoms with Crippen molar-refractivity contribution in [3.8, 4) is 5.75 Å². The fourth-order valence-corrected chi connectivity index (χ4v) is 8.15. The molecule has 10 nitrogen and oxygen atoms in total. The third-order valence-electron chi connectivity index (χ3n) is 10.7. The summed E-state index contributed by atoms with van der Waals surface area (Å²) >= 11 is 6.78. The number of amides is 2. The van der Waals surface area contributed by atoms with Crippen LogP contribution in [0.3, 0.4) is 0 Å². The molecule has 1 N–H and O–H groups in total. The quantitative estimate of drug-likeness (QED) is 0.510. The van der Waals surface area contributed by atoms with Crippen LogP contribution >= 0.6 is 11.6 Å². The standard InChI is InChI=1S/C31H38ClN5O5/c1-30(29(40)41)10-3-2-5-20(30)28(39)36-14-9-19-21(32)7-8-25(42-17-22-23-6-4-13-37(23)34-33-22)27(19)24(36)16-35-18-31(11-12-31)15-26(35)38/h7-8,20,24H,2-6,9-18H2,1H3,(H,40,41)/t20-,24+,30-/m0/s1. The lowest BCUT2D eigenvalue weighted by molar-refractivity contribution is -0.162. The first-order chi connectivity index (χ1) is 20.2. The van der Waals surface area contributed by atoms with Crippen LogP contribution in [-0.4, -0.2) is 67.3 Å². The van der Waals surface area contributed by atoms with Crippen LogP contribution in [0.5, 0.6) is 5.75 Å². The van der Waals surface area contributed by atoms with Crippen molar-refractivity contribution >= 4 is 29.4 Å². The fourth-order valence-electron chi connectivity index (χ4n) is 7.89. The zero-order valence-corrected chi connectivity index (χ0v) is 24.9. The molecule has 42 heavy (non-hydrogen) atoms. The first-order valence-corrected chi connectivity index (χ1v) is 15.7. The number of carbonyl (C=O) groups is 3. The Balaban J connectivity index is 1.25. The van der Waals surface area contributed by atoms with Crippen molar-refractivity contribution in [2.75, 3.05) is 19.6 Å². The van der Waals surface area contributed by atoms with Gasteiger partial charge in [-0.1, -0.05) is 29.7 Å². The lowest BCUT2D eigenvalue weighted by atomic mass is 9.66. The first-order valence-electron chi connectivity index (χ1n) is 15.4. The van der Waals surface area contributed by atoms with Gasteiger partial charge in [0.15, 0.2) is 0 Å². The molecule has 224 valence electrons. The summed E-state index contributed by atoms with van der Waals surface area (Å²) in [5.41, 5.74) is 2.60. The summed E-state index contributed by atoms with van der Waals surface area (Å²) in [5.74, 6) is -0.962. The van der Waals surface area contributed by atoms with Gasteiger partial charge in [-0.2, -0.15) is 0 Å². The van der Waals surface area contributed by atoms with Crippen LogP contribution in [0.15, 0.2) is 12.1 Å². The highest BCUT2D eigenvalue weighted by atomic mass is 35.5. The van der Waals surface area contributed by atoms with Gasteiger partial charge in [0.25, 0.3) is 0 Å². The molecule has 2 saturated carbocycles. The van der Waals surface area contributed by atoms with Crippen molar-refractivity contribution < 1.29 is 24.2 Å². The number of carboxylic acid groups (broad SMARTS) is 1. The normalized spacial score (nSPS) is 27.7. The maximum atomic E-state index is 14.4. The Labute approximate surface area is 250 Å². The van der Waals surface area contributed by atoms with Gasteiger partial charge in [0.1, 0.15) is 18.1 Å². The van der Waals surface area contributed by atoms with Crippen LogP contribution in [0.4, 0.5) is 0 Å². The van der Waals surface area contributed by atoms with Gasteiger partial charge in [-0.3, -0.25) is 14.4 Å². The second-order valence-corrected chi connectivity index (χ2v) is 13.7. The van der Waals surface area contributed by atoms with E-state index in [1.54, 1.807) is 6.92 Å². The molecule has 2 amide bonds. The highest BCUT2D eigenvalue weighted by Crippen LogP contribution is 2.54. The van der Waals surface area contributed by atoms with E-state index in [2.05, 4.69) is 10.3 Å². The molecule has 7 rings (SSSR count). The summed E-state index contributed by atoms with van der Waals surface area (Å²) in [6, 6.07) is 3.20. The first kappa shape index (κ1) is 27.7. The van der Waals surface area contributed by atoms with Crippen LogP contribution in [0.25, 0.3) is 0 Å². The van der Waals surface area contributed by atoms with E-state index < -0.39 is 23.3 Å². The minimum atomic E-state index is -1.12. The third-order valence-corrected chi connectivity index (χ3v) is 11.0. The number of hydrogen-bond donors (Lipinski definition) is 1. The summed E-state index contributed by atoms with van der Waals surface area (Å²) in [6.07, 6.45) is 7.79. The molecule has 1 aromatic heterocycles. The molecule has 0 bridgehead atoms. The molecule has 5 aliphatic rings. The molecule has 1 spiro atoms. The average molecular weight is 596 g/mol. The number of halogens is 1. The van der Waals surface area contributed by atoms with Gasteiger partial charge in [-0.25, -0.2) is 4.68 Å². The zero-order valence-electron chi connectivity index (χ0n) is 24.1.